The van der Waals surface area contributed by atoms with Crippen LogP contribution in [0.5, 0.6) is 11.8 Å². The molecular formula is C21H21F7N4O7. The highest BCUT2D eigenvalue weighted by atomic mass is 19.4. The van der Waals surface area contributed by atoms with Crippen LogP contribution in [0.2, 0.25) is 0 Å². The van der Waals surface area contributed by atoms with Gasteiger partial charge in [0.1, 0.15) is 18.2 Å². The van der Waals surface area contributed by atoms with E-state index in [0.717, 1.165) is 18.8 Å². The zero-order valence-corrected chi connectivity index (χ0v) is 19.9. The van der Waals surface area contributed by atoms with Crippen LogP contribution >= 0.6 is 0 Å². The SMILES string of the molecule is COc1cc(N2CC[C@]3(C[C@H](Oc4ncccc4F)CO3)C2)ncn1.O=C(O)C(F)(F)F.O=C(O)C(F)(F)F. The first-order valence-corrected chi connectivity index (χ1v) is 10.7. The van der Waals surface area contributed by atoms with Crippen molar-refractivity contribution in [3.63, 3.8) is 0 Å². The van der Waals surface area contributed by atoms with Gasteiger partial charge in [-0.05, 0) is 18.6 Å². The van der Waals surface area contributed by atoms with Crippen LogP contribution in [-0.2, 0) is 14.3 Å². The molecule has 4 rings (SSSR count). The van der Waals surface area contributed by atoms with Gasteiger partial charge in [-0.25, -0.2) is 28.9 Å². The zero-order valence-electron chi connectivity index (χ0n) is 19.9. The molecule has 0 saturated carbocycles. The molecule has 2 N–H and O–H groups in total. The lowest BCUT2D eigenvalue weighted by atomic mass is 9.98. The maximum atomic E-state index is 13.7. The van der Waals surface area contributed by atoms with E-state index in [1.165, 1.54) is 18.6 Å². The number of hydrogen-bond acceptors (Lipinski definition) is 9. The summed E-state index contributed by atoms with van der Waals surface area (Å²) in [6.45, 7) is 1.96. The average molecular weight is 574 g/mol. The van der Waals surface area contributed by atoms with Crippen LogP contribution in [-0.4, -0.2) is 88.0 Å². The van der Waals surface area contributed by atoms with Gasteiger partial charge in [-0.15, -0.1) is 0 Å². The van der Waals surface area contributed by atoms with Crippen molar-refractivity contribution >= 4 is 17.8 Å². The third kappa shape index (κ3) is 9.38. The number of carboxylic acids is 2. The number of halogens is 7. The molecule has 0 aromatic carbocycles. The van der Waals surface area contributed by atoms with Crippen molar-refractivity contribution < 1.29 is 64.7 Å². The molecule has 0 bridgehead atoms. The summed E-state index contributed by atoms with van der Waals surface area (Å²) < 4.78 is 94.1. The smallest absolute Gasteiger partial charge is 0.481 e. The first-order valence-electron chi connectivity index (χ1n) is 10.7. The topological polar surface area (TPSA) is 144 Å². The van der Waals surface area contributed by atoms with Gasteiger partial charge in [0.2, 0.25) is 5.88 Å². The van der Waals surface area contributed by atoms with Gasteiger partial charge in [0, 0.05) is 31.8 Å². The molecule has 2 saturated heterocycles. The Morgan fingerprint density at radius 1 is 1.10 bits per heavy atom. The first kappa shape index (κ1) is 31.3. The third-order valence-electron chi connectivity index (χ3n) is 5.14. The molecule has 2 fully saturated rings. The molecule has 0 radical (unpaired) electrons. The Morgan fingerprint density at radius 2 is 1.72 bits per heavy atom. The van der Waals surface area contributed by atoms with Gasteiger partial charge in [-0.1, -0.05) is 0 Å². The summed E-state index contributed by atoms with van der Waals surface area (Å²) in [7, 11) is 1.58. The van der Waals surface area contributed by atoms with Gasteiger partial charge in [0.05, 0.1) is 19.3 Å². The van der Waals surface area contributed by atoms with E-state index in [4.69, 9.17) is 34.0 Å². The highest BCUT2D eigenvalue weighted by molar-refractivity contribution is 5.73. The predicted molar refractivity (Wildman–Crippen MR) is 115 cm³/mol. The molecule has 216 valence electrons. The van der Waals surface area contributed by atoms with E-state index in [1.807, 2.05) is 6.07 Å². The van der Waals surface area contributed by atoms with Crippen molar-refractivity contribution in [2.24, 2.45) is 0 Å². The minimum absolute atomic E-state index is 0.0311. The number of alkyl halides is 6. The summed E-state index contributed by atoms with van der Waals surface area (Å²) >= 11 is 0. The summed E-state index contributed by atoms with van der Waals surface area (Å²) in [4.78, 5) is 32.2. The molecule has 2 aromatic rings. The van der Waals surface area contributed by atoms with Gasteiger partial charge in [-0.3, -0.25) is 0 Å². The van der Waals surface area contributed by atoms with Gasteiger partial charge < -0.3 is 29.3 Å². The van der Waals surface area contributed by atoms with Crippen molar-refractivity contribution in [1.29, 1.82) is 0 Å². The summed E-state index contributed by atoms with van der Waals surface area (Å²) in [6.07, 6.45) is -5.80. The number of hydrogen-bond donors (Lipinski definition) is 2. The Bertz CT molecular complexity index is 1110. The molecule has 2 aliphatic rings. The highest BCUT2D eigenvalue weighted by Crippen LogP contribution is 2.38. The number of nitrogens with zero attached hydrogens (tertiary/aromatic N) is 4. The van der Waals surface area contributed by atoms with E-state index in [1.54, 1.807) is 13.2 Å². The number of methoxy groups -OCH3 is 1. The average Bonchev–Trinajstić information content (AvgIpc) is 3.46. The maximum Gasteiger partial charge on any atom is 0.490 e. The highest BCUT2D eigenvalue weighted by Gasteiger charge is 2.47. The maximum absolute atomic E-state index is 13.7. The van der Waals surface area contributed by atoms with Gasteiger partial charge in [-0.2, -0.15) is 26.3 Å². The molecule has 1 spiro atoms. The lowest BCUT2D eigenvalue weighted by molar-refractivity contribution is -0.193. The molecule has 2 aromatic heterocycles. The number of rotatable bonds is 4. The van der Waals surface area contributed by atoms with Crippen molar-refractivity contribution in [1.82, 2.24) is 15.0 Å². The summed E-state index contributed by atoms with van der Waals surface area (Å²) in [5.74, 6) is -4.59. The normalized spacial score (nSPS) is 20.4. The van der Waals surface area contributed by atoms with Crippen molar-refractivity contribution in [2.75, 3.05) is 31.7 Å². The number of carboxylic acid groups (broad SMARTS) is 2. The molecule has 18 heteroatoms. The zero-order chi connectivity index (χ0) is 29.4. The number of ether oxygens (including phenoxy) is 3. The fourth-order valence-corrected chi connectivity index (χ4v) is 3.43. The molecule has 11 nitrogen and oxygen atoms in total. The van der Waals surface area contributed by atoms with Gasteiger partial charge >= 0.3 is 24.3 Å². The number of anilines is 1. The van der Waals surface area contributed by atoms with Crippen LogP contribution in [0, 0.1) is 5.82 Å². The second-order valence-electron chi connectivity index (χ2n) is 7.92. The first-order chi connectivity index (χ1) is 18.1. The summed E-state index contributed by atoms with van der Waals surface area (Å²) in [5.41, 5.74) is -0.298. The van der Waals surface area contributed by atoms with Crippen LogP contribution in [0.3, 0.4) is 0 Å². The molecule has 39 heavy (non-hydrogen) atoms. The summed E-state index contributed by atoms with van der Waals surface area (Å²) in [6, 6.07) is 4.69. The second kappa shape index (κ2) is 12.7. The molecule has 0 aliphatic carbocycles. The quantitative estimate of drug-likeness (QED) is 0.520. The van der Waals surface area contributed by atoms with Crippen LogP contribution in [0.15, 0.2) is 30.7 Å². The van der Waals surface area contributed by atoms with Crippen LogP contribution in [0.4, 0.5) is 36.6 Å². The number of aliphatic carboxylic acids is 2. The number of aromatic nitrogens is 3. The molecular weight excluding hydrogens is 553 g/mol. The van der Waals surface area contributed by atoms with E-state index < -0.39 is 30.1 Å². The van der Waals surface area contributed by atoms with Crippen LogP contribution < -0.4 is 14.4 Å². The van der Waals surface area contributed by atoms with Crippen molar-refractivity contribution in [3.05, 3.63) is 36.5 Å². The molecule has 2 atom stereocenters. The van der Waals surface area contributed by atoms with Crippen LogP contribution in [0.1, 0.15) is 12.8 Å². The Morgan fingerprint density at radius 3 is 2.26 bits per heavy atom. The monoisotopic (exact) mass is 574 g/mol. The largest absolute Gasteiger partial charge is 0.490 e. The van der Waals surface area contributed by atoms with Crippen molar-refractivity contribution in [2.45, 2.75) is 36.9 Å². The number of carbonyl (C=O) groups is 2. The predicted octanol–water partition coefficient (Wildman–Crippen LogP) is 3.10. The Labute approximate surface area is 215 Å². The van der Waals surface area contributed by atoms with E-state index in [-0.39, 0.29) is 17.6 Å². The van der Waals surface area contributed by atoms with Gasteiger partial charge in [0.25, 0.3) is 5.88 Å². The minimum Gasteiger partial charge on any atom is -0.481 e. The van der Waals surface area contributed by atoms with Crippen molar-refractivity contribution in [3.8, 4) is 11.8 Å². The minimum atomic E-state index is -5.08. The Balaban J connectivity index is 0.000000317. The van der Waals surface area contributed by atoms with E-state index in [2.05, 4.69) is 19.9 Å². The second-order valence-corrected chi connectivity index (χ2v) is 7.92. The van der Waals surface area contributed by atoms with E-state index >= 15 is 0 Å². The Hall–Kier alpha value is -3.96. The molecule has 0 amide bonds. The Kier molecular flexibility index (Phi) is 10.2. The van der Waals surface area contributed by atoms with E-state index in [0.29, 0.717) is 25.5 Å². The molecule has 0 unspecified atom stereocenters. The van der Waals surface area contributed by atoms with E-state index in [9.17, 15) is 30.7 Å². The summed E-state index contributed by atoms with van der Waals surface area (Å²) in [5, 5.41) is 14.2. The van der Waals surface area contributed by atoms with Crippen LogP contribution in [0.25, 0.3) is 0 Å². The molecule has 2 aliphatic heterocycles. The lowest BCUT2D eigenvalue weighted by Crippen LogP contribution is -2.33. The van der Waals surface area contributed by atoms with Gasteiger partial charge in [0.15, 0.2) is 5.82 Å². The fraction of sp³-hybridized carbons (Fsp3) is 0.476. The third-order valence-corrected chi connectivity index (χ3v) is 5.14. The standard InChI is InChI=1S/C17H19FN4O3.2C2HF3O2/c1-23-15-7-14(20-11-21-15)22-6-4-17(10-22)8-12(9-24-17)25-16-13(18)3-2-5-19-16;2*3-2(4,5)1(6)7/h2-3,5,7,11-12H,4,6,8-10H2,1H3;2*(H,6,7)/t12-,17-;;/m0../s1. The molecule has 4 heterocycles. The lowest BCUT2D eigenvalue weighted by Gasteiger charge is -2.23. The number of pyridine rings is 1. The fourth-order valence-electron chi connectivity index (χ4n) is 3.43.